The number of ether oxygens (including phenoxy) is 2. The smallest absolute Gasteiger partial charge is 0.317 e. The quantitative estimate of drug-likeness (QED) is 0.797. The van der Waals surface area contributed by atoms with Gasteiger partial charge >= 0.3 is 5.97 Å². The molecule has 0 spiro atoms. The molecule has 1 aliphatic carbocycles. The minimum Gasteiger partial charge on any atom is -0.468 e. The van der Waals surface area contributed by atoms with E-state index in [1.807, 2.05) is 12.3 Å². The van der Waals surface area contributed by atoms with Crippen molar-refractivity contribution in [3.05, 3.63) is 18.0 Å². The van der Waals surface area contributed by atoms with E-state index >= 15 is 0 Å². The molecule has 0 amide bonds. The van der Waals surface area contributed by atoms with Crippen molar-refractivity contribution < 1.29 is 14.3 Å². The lowest BCUT2D eigenvalue weighted by Crippen LogP contribution is -2.42. The van der Waals surface area contributed by atoms with Crippen LogP contribution in [-0.2, 0) is 19.7 Å². The number of nitrogen functional groups attached to an aromatic ring is 1. The summed E-state index contributed by atoms with van der Waals surface area (Å²) in [6, 6.07) is 2.29. The molecule has 25 heavy (non-hydrogen) atoms. The maximum Gasteiger partial charge on any atom is 0.317 e. The van der Waals surface area contributed by atoms with Gasteiger partial charge in [-0.15, -0.1) is 0 Å². The summed E-state index contributed by atoms with van der Waals surface area (Å²) in [6.07, 6.45) is 5.40. The molecule has 1 aromatic rings. The molecule has 1 saturated carbocycles. The van der Waals surface area contributed by atoms with Gasteiger partial charge in [-0.3, -0.25) is 9.78 Å². The van der Waals surface area contributed by atoms with E-state index in [9.17, 15) is 4.79 Å². The van der Waals surface area contributed by atoms with Crippen LogP contribution in [0, 0.1) is 5.92 Å². The third-order valence-electron chi connectivity index (χ3n) is 5.23. The Bertz CT molecular complexity index is 622. The number of carbonyl (C=O) groups is 1. The molecule has 0 radical (unpaired) electrons. The Morgan fingerprint density at radius 2 is 2.12 bits per heavy atom. The number of nitrogens with two attached hydrogens (primary N) is 1. The van der Waals surface area contributed by atoms with Crippen LogP contribution in [-0.4, -0.2) is 43.9 Å². The zero-order valence-electron chi connectivity index (χ0n) is 15.5. The fraction of sp³-hybridized carbons (Fsp3) is 0.684. The standard InChI is InChI=1S/C19H29N3O3/c1-13(2)12-22(14-4-8-25-9-5-14)16-11-21-17(10-15(16)20)19(6-7-19)18(23)24-3/h10-11,13-14H,4-9,12H2,1-3H3,(H2,20,21). The second-order valence-electron chi connectivity index (χ2n) is 7.59. The van der Waals surface area contributed by atoms with Crippen LogP contribution in [0.15, 0.2) is 12.3 Å². The number of nitrogens with zero attached hydrogens (tertiary/aromatic N) is 2. The van der Waals surface area contributed by atoms with Crippen molar-refractivity contribution in [1.82, 2.24) is 4.98 Å². The van der Waals surface area contributed by atoms with Gasteiger partial charge in [-0.25, -0.2) is 0 Å². The maximum atomic E-state index is 12.1. The highest BCUT2D eigenvalue weighted by Crippen LogP contribution is 2.49. The number of aromatic nitrogens is 1. The molecule has 0 bridgehead atoms. The maximum absolute atomic E-state index is 12.1. The van der Waals surface area contributed by atoms with Crippen LogP contribution in [0.25, 0.3) is 0 Å². The SMILES string of the molecule is COC(=O)C1(c2cc(N)c(N(CC(C)C)C3CCOCC3)cn2)CC1. The van der Waals surface area contributed by atoms with Crippen LogP contribution in [0.4, 0.5) is 11.4 Å². The van der Waals surface area contributed by atoms with Gasteiger partial charge in [-0.1, -0.05) is 13.8 Å². The Hall–Kier alpha value is -1.82. The normalized spacial score (nSPS) is 19.7. The van der Waals surface area contributed by atoms with E-state index < -0.39 is 5.41 Å². The molecule has 138 valence electrons. The minimum atomic E-state index is -0.580. The number of methoxy groups -OCH3 is 1. The zero-order valence-corrected chi connectivity index (χ0v) is 15.5. The molecule has 2 N–H and O–H groups in total. The van der Waals surface area contributed by atoms with Crippen molar-refractivity contribution in [2.45, 2.75) is 51.0 Å². The molecule has 0 unspecified atom stereocenters. The summed E-state index contributed by atoms with van der Waals surface area (Å²) in [7, 11) is 1.43. The van der Waals surface area contributed by atoms with E-state index in [1.54, 1.807) is 0 Å². The number of carbonyl (C=O) groups excluding carboxylic acids is 1. The highest BCUT2D eigenvalue weighted by atomic mass is 16.5. The first kappa shape index (κ1) is 18.0. The van der Waals surface area contributed by atoms with Crippen molar-refractivity contribution in [3.8, 4) is 0 Å². The monoisotopic (exact) mass is 347 g/mol. The summed E-state index contributed by atoms with van der Waals surface area (Å²) >= 11 is 0. The number of esters is 1. The lowest BCUT2D eigenvalue weighted by molar-refractivity contribution is -0.143. The van der Waals surface area contributed by atoms with Gasteiger partial charge < -0.3 is 20.1 Å². The number of pyridine rings is 1. The van der Waals surface area contributed by atoms with Crippen LogP contribution >= 0.6 is 0 Å². The largest absolute Gasteiger partial charge is 0.468 e. The van der Waals surface area contributed by atoms with E-state index in [0.29, 0.717) is 17.6 Å². The fourth-order valence-electron chi connectivity index (χ4n) is 3.68. The molecule has 2 aliphatic rings. The molecule has 1 saturated heterocycles. The van der Waals surface area contributed by atoms with Crippen molar-refractivity contribution in [1.29, 1.82) is 0 Å². The molecule has 0 aromatic carbocycles. The van der Waals surface area contributed by atoms with Crippen LogP contribution in [0.3, 0.4) is 0 Å². The number of hydrogen-bond acceptors (Lipinski definition) is 6. The van der Waals surface area contributed by atoms with Gasteiger partial charge in [0.2, 0.25) is 0 Å². The first-order valence-electron chi connectivity index (χ1n) is 9.16. The predicted molar refractivity (Wildman–Crippen MR) is 97.6 cm³/mol. The van der Waals surface area contributed by atoms with E-state index in [0.717, 1.165) is 56.8 Å². The van der Waals surface area contributed by atoms with Crippen LogP contribution in [0.5, 0.6) is 0 Å². The van der Waals surface area contributed by atoms with Crippen molar-refractivity contribution >= 4 is 17.3 Å². The lowest BCUT2D eigenvalue weighted by atomic mass is 10.00. The third kappa shape index (κ3) is 3.59. The summed E-state index contributed by atoms with van der Waals surface area (Å²) in [4.78, 5) is 19.1. The highest BCUT2D eigenvalue weighted by Gasteiger charge is 2.54. The lowest BCUT2D eigenvalue weighted by Gasteiger charge is -2.37. The summed E-state index contributed by atoms with van der Waals surface area (Å²) < 4.78 is 10.5. The van der Waals surface area contributed by atoms with Crippen LogP contribution in [0.1, 0.15) is 45.2 Å². The Morgan fingerprint density at radius 3 is 2.64 bits per heavy atom. The van der Waals surface area contributed by atoms with Gasteiger partial charge in [0.05, 0.1) is 30.4 Å². The third-order valence-corrected chi connectivity index (χ3v) is 5.23. The second-order valence-corrected chi connectivity index (χ2v) is 7.59. The summed E-state index contributed by atoms with van der Waals surface area (Å²) in [6.45, 7) is 6.92. The van der Waals surface area contributed by atoms with Gasteiger partial charge in [0.1, 0.15) is 5.41 Å². The van der Waals surface area contributed by atoms with Gasteiger partial charge in [0, 0.05) is 25.8 Å². The minimum absolute atomic E-state index is 0.212. The molecule has 6 heteroatoms. The molecule has 2 fully saturated rings. The van der Waals surface area contributed by atoms with E-state index in [-0.39, 0.29) is 5.97 Å². The average Bonchev–Trinajstić information content (AvgIpc) is 3.42. The first-order chi connectivity index (χ1) is 12.0. The van der Waals surface area contributed by atoms with E-state index in [1.165, 1.54) is 7.11 Å². The van der Waals surface area contributed by atoms with E-state index in [2.05, 4.69) is 23.7 Å². The molecule has 2 heterocycles. The van der Waals surface area contributed by atoms with Crippen LogP contribution < -0.4 is 10.6 Å². The first-order valence-corrected chi connectivity index (χ1v) is 9.16. The van der Waals surface area contributed by atoms with Gasteiger partial charge in [0.15, 0.2) is 0 Å². The molecule has 1 aromatic heterocycles. The fourth-order valence-corrected chi connectivity index (χ4v) is 3.68. The zero-order chi connectivity index (χ0) is 18.0. The average molecular weight is 347 g/mol. The Kier molecular flexibility index (Phi) is 5.18. The van der Waals surface area contributed by atoms with Gasteiger partial charge in [-0.05, 0) is 37.7 Å². The van der Waals surface area contributed by atoms with Crippen molar-refractivity contribution in [2.24, 2.45) is 5.92 Å². The topological polar surface area (TPSA) is 77.7 Å². The number of hydrogen-bond donors (Lipinski definition) is 1. The summed E-state index contributed by atoms with van der Waals surface area (Å²) in [5.74, 6) is 0.308. The molecule has 6 nitrogen and oxygen atoms in total. The van der Waals surface area contributed by atoms with Gasteiger partial charge in [0.25, 0.3) is 0 Å². The summed E-state index contributed by atoms with van der Waals surface area (Å²) in [5, 5.41) is 0. The van der Waals surface area contributed by atoms with E-state index in [4.69, 9.17) is 15.2 Å². The predicted octanol–water partition coefficient (Wildman–Crippen LogP) is 2.51. The molecule has 3 rings (SSSR count). The van der Waals surface area contributed by atoms with Gasteiger partial charge in [-0.2, -0.15) is 0 Å². The molecular weight excluding hydrogens is 318 g/mol. The molecule has 0 atom stereocenters. The highest BCUT2D eigenvalue weighted by molar-refractivity contribution is 5.86. The number of rotatable bonds is 6. The molecular formula is C19H29N3O3. The van der Waals surface area contributed by atoms with Crippen molar-refractivity contribution in [2.75, 3.05) is 37.5 Å². The summed E-state index contributed by atoms with van der Waals surface area (Å²) in [5.41, 5.74) is 8.21. The molecule has 1 aliphatic heterocycles. The Balaban J connectivity index is 1.88. The Labute approximate surface area is 149 Å². The Morgan fingerprint density at radius 1 is 1.44 bits per heavy atom. The van der Waals surface area contributed by atoms with Crippen LogP contribution in [0.2, 0.25) is 0 Å². The number of anilines is 2. The van der Waals surface area contributed by atoms with Crippen molar-refractivity contribution in [3.63, 3.8) is 0 Å². The second kappa shape index (κ2) is 7.20.